The van der Waals surface area contributed by atoms with Crippen LogP contribution < -0.4 is 0 Å². The molecule has 0 aromatic heterocycles. The Morgan fingerprint density at radius 2 is 1.10 bits per heavy atom. The Balaban J connectivity index is 3.04. The van der Waals surface area contributed by atoms with Crippen molar-refractivity contribution in [2.75, 3.05) is 0 Å². The third kappa shape index (κ3) is 3.67. The average molecular weight is 278 g/mol. The third-order valence-electron chi connectivity index (χ3n) is 1.95. The lowest BCUT2D eigenvalue weighted by molar-refractivity contribution is -0.144. The molecular formula is C12H6O8. The smallest absolute Gasteiger partial charge is 0.379 e. The van der Waals surface area contributed by atoms with Crippen LogP contribution in [0, 0.1) is 0 Å². The van der Waals surface area contributed by atoms with E-state index in [9.17, 15) is 28.8 Å². The summed E-state index contributed by atoms with van der Waals surface area (Å²) in [5, 5.41) is 0. The van der Waals surface area contributed by atoms with Crippen LogP contribution in [0.25, 0.3) is 0 Å². The van der Waals surface area contributed by atoms with E-state index in [2.05, 4.69) is 9.47 Å². The zero-order chi connectivity index (χ0) is 15.1. The van der Waals surface area contributed by atoms with Crippen LogP contribution in [0.2, 0.25) is 0 Å². The summed E-state index contributed by atoms with van der Waals surface area (Å²) in [6.07, 6.45) is -0.455. The monoisotopic (exact) mass is 278 g/mol. The van der Waals surface area contributed by atoms with Crippen LogP contribution in [-0.2, 0) is 28.7 Å². The van der Waals surface area contributed by atoms with Crippen molar-refractivity contribution in [3.8, 4) is 0 Å². The van der Waals surface area contributed by atoms with Crippen LogP contribution in [0.5, 0.6) is 0 Å². The van der Waals surface area contributed by atoms with Gasteiger partial charge in [-0.25, -0.2) is 19.2 Å². The van der Waals surface area contributed by atoms with Crippen molar-refractivity contribution in [2.45, 2.75) is 0 Å². The van der Waals surface area contributed by atoms with Crippen molar-refractivity contribution in [3.63, 3.8) is 0 Å². The Hall–Kier alpha value is -3.16. The second-order valence-corrected chi connectivity index (χ2v) is 3.20. The van der Waals surface area contributed by atoms with E-state index in [-0.39, 0.29) is 12.6 Å². The zero-order valence-corrected chi connectivity index (χ0v) is 9.73. The van der Waals surface area contributed by atoms with Crippen LogP contribution in [0.4, 0.5) is 0 Å². The lowest BCUT2D eigenvalue weighted by Crippen LogP contribution is -2.19. The number of carbonyl (C=O) groups is 6. The lowest BCUT2D eigenvalue weighted by atomic mass is 10.1. The van der Waals surface area contributed by atoms with E-state index in [1.165, 1.54) is 12.1 Å². The van der Waals surface area contributed by atoms with Crippen molar-refractivity contribution < 1.29 is 38.2 Å². The number of carbonyl (C=O) groups excluding carboxylic acids is 6. The molecule has 0 aliphatic heterocycles. The van der Waals surface area contributed by atoms with E-state index in [1.54, 1.807) is 0 Å². The molecule has 1 aromatic rings. The van der Waals surface area contributed by atoms with Crippen molar-refractivity contribution >= 4 is 36.4 Å². The summed E-state index contributed by atoms with van der Waals surface area (Å²) < 4.78 is 8.20. The van der Waals surface area contributed by atoms with Crippen LogP contribution in [-0.4, -0.2) is 36.4 Å². The molecule has 8 heteroatoms. The summed E-state index contributed by atoms with van der Waals surface area (Å²) in [6, 6.07) is 4.92. The van der Waals surface area contributed by atoms with Crippen LogP contribution in [0.3, 0.4) is 0 Å². The quantitative estimate of drug-likeness (QED) is 0.311. The molecule has 1 aromatic carbocycles. The highest BCUT2D eigenvalue weighted by Crippen LogP contribution is 2.12. The Morgan fingerprint density at radius 3 is 1.40 bits per heavy atom. The standard InChI is InChI=1S/C12H6O8/c13-5-9(15)19-11(17)7-3-1-2-4-8(7)12(18)20-10(16)6-14/h1-6H. The van der Waals surface area contributed by atoms with E-state index in [0.29, 0.717) is 0 Å². The largest absolute Gasteiger partial charge is 0.384 e. The second-order valence-electron chi connectivity index (χ2n) is 3.20. The zero-order valence-electron chi connectivity index (χ0n) is 9.73. The fourth-order valence-corrected chi connectivity index (χ4v) is 1.18. The van der Waals surface area contributed by atoms with Gasteiger partial charge in [-0.05, 0) is 12.1 Å². The molecule has 0 spiro atoms. The number of rotatable bonds is 4. The first-order valence-electron chi connectivity index (χ1n) is 5.01. The van der Waals surface area contributed by atoms with Gasteiger partial charge in [-0.15, -0.1) is 0 Å². The van der Waals surface area contributed by atoms with Crippen molar-refractivity contribution in [2.24, 2.45) is 0 Å². The summed E-state index contributed by atoms with van der Waals surface area (Å²) in [7, 11) is 0. The summed E-state index contributed by atoms with van der Waals surface area (Å²) >= 11 is 0. The highest BCUT2D eigenvalue weighted by molar-refractivity contribution is 6.25. The molecule has 0 saturated heterocycles. The number of hydrogen-bond acceptors (Lipinski definition) is 8. The molecule has 0 amide bonds. The van der Waals surface area contributed by atoms with E-state index in [1.807, 2.05) is 0 Å². The Labute approximate surface area is 111 Å². The van der Waals surface area contributed by atoms with Gasteiger partial charge in [0, 0.05) is 0 Å². The van der Waals surface area contributed by atoms with Gasteiger partial charge in [0.2, 0.25) is 12.6 Å². The minimum Gasteiger partial charge on any atom is -0.384 e. The Bertz CT molecular complexity index is 548. The molecule has 1 rings (SSSR count). The molecule has 102 valence electrons. The number of hydrogen-bond donors (Lipinski definition) is 0. The molecule has 0 fully saturated rings. The highest BCUT2D eigenvalue weighted by atomic mass is 16.6. The fraction of sp³-hybridized carbons (Fsp3) is 0. The molecule has 0 bridgehead atoms. The molecule has 0 aliphatic rings. The van der Waals surface area contributed by atoms with Gasteiger partial charge in [0.1, 0.15) is 0 Å². The fourth-order valence-electron chi connectivity index (χ4n) is 1.18. The predicted molar refractivity (Wildman–Crippen MR) is 59.4 cm³/mol. The molecule has 0 aliphatic carbocycles. The van der Waals surface area contributed by atoms with Gasteiger partial charge in [0.05, 0.1) is 11.1 Å². The van der Waals surface area contributed by atoms with E-state index < -0.39 is 35.0 Å². The minimum absolute atomic E-state index is 0.227. The summed E-state index contributed by atoms with van der Waals surface area (Å²) in [5.41, 5.74) is -0.794. The first-order chi connectivity index (χ1) is 9.49. The Morgan fingerprint density at radius 1 is 0.750 bits per heavy atom. The van der Waals surface area contributed by atoms with Crippen molar-refractivity contribution in [3.05, 3.63) is 35.4 Å². The number of ether oxygens (including phenoxy) is 2. The summed E-state index contributed by atoms with van der Waals surface area (Å²) in [5.74, 6) is -5.43. The second kappa shape index (κ2) is 6.69. The lowest BCUT2D eigenvalue weighted by Gasteiger charge is -2.05. The predicted octanol–water partition coefficient (Wildman–Crippen LogP) is -0.549. The first-order valence-corrected chi connectivity index (χ1v) is 5.01. The highest BCUT2D eigenvalue weighted by Gasteiger charge is 2.22. The topological polar surface area (TPSA) is 121 Å². The maximum atomic E-state index is 11.5. The van der Waals surface area contributed by atoms with Crippen LogP contribution >= 0.6 is 0 Å². The molecule has 0 saturated carbocycles. The van der Waals surface area contributed by atoms with Gasteiger partial charge in [0.25, 0.3) is 0 Å². The minimum atomic E-state index is -1.44. The van der Waals surface area contributed by atoms with Gasteiger partial charge in [-0.2, -0.15) is 0 Å². The molecule has 0 N–H and O–H groups in total. The van der Waals surface area contributed by atoms with Gasteiger partial charge in [-0.1, -0.05) is 12.1 Å². The average Bonchev–Trinajstić information content (AvgIpc) is 2.46. The summed E-state index contributed by atoms with van der Waals surface area (Å²) in [6.45, 7) is 0. The van der Waals surface area contributed by atoms with Gasteiger partial charge in [-0.3, -0.25) is 9.59 Å². The molecule has 0 atom stereocenters. The van der Waals surface area contributed by atoms with Crippen LogP contribution in [0.1, 0.15) is 20.7 Å². The molecule has 0 unspecified atom stereocenters. The molecule has 0 heterocycles. The maximum absolute atomic E-state index is 11.5. The van der Waals surface area contributed by atoms with Crippen LogP contribution in [0.15, 0.2) is 24.3 Å². The number of benzene rings is 1. The third-order valence-corrected chi connectivity index (χ3v) is 1.95. The first kappa shape index (κ1) is 14.9. The summed E-state index contributed by atoms with van der Waals surface area (Å²) in [4.78, 5) is 64.6. The van der Waals surface area contributed by atoms with E-state index in [0.717, 1.165) is 12.1 Å². The van der Waals surface area contributed by atoms with Crippen molar-refractivity contribution in [1.29, 1.82) is 0 Å². The molecule has 8 nitrogen and oxygen atoms in total. The van der Waals surface area contributed by atoms with Gasteiger partial charge >= 0.3 is 23.9 Å². The molecule has 0 radical (unpaired) electrons. The normalized spacial score (nSPS) is 9.20. The van der Waals surface area contributed by atoms with E-state index >= 15 is 0 Å². The SMILES string of the molecule is O=CC(=O)OC(=O)c1ccccc1C(=O)OC(=O)C=O. The maximum Gasteiger partial charge on any atom is 0.379 e. The number of aldehydes is 2. The molecule has 20 heavy (non-hydrogen) atoms. The van der Waals surface area contributed by atoms with Crippen molar-refractivity contribution in [1.82, 2.24) is 0 Å². The van der Waals surface area contributed by atoms with Gasteiger partial charge < -0.3 is 9.47 Å². The molecular weight excluding hydrogens is 272 g/mol. The van der Waals surface area contributed by atoms with Gasteiger partial charge in [0.15, 0.2) is 0 Å². The van der Waals surface area contributed by atoms with E-state index in [4.69, 9.17) is 0 Å². The Kier molecular flexibility index (Phi) is 4.98. The number of esters is 4.